The van der Waals surface area contributed by atoms with Gasteiger partial charge < -0.3 is 15.9 Å². The van der Waals surface area contributed by atoms with E-state index in [0.29, 0.717) is 5.56 Å². The SMILES string of the molecule is CC(=O)C(N)c1ccc(O)c(O)c1. The van der Waals surface area contributed by atoms with Crippen molar-refractivity contribution in [3.8, 4) is 11.5 Å². The molecule has 4 nitrogen and oxygen atoms in total. The minimum atomic E-state index is -0.744. The Morgan fingerprint density at radius 2 is 2.00 bits per heavy atom. The largest absolute Gasteiger partial charge is 0.504 e. The minimum absolute atomic E-state index is 0.190. The number of hydrogen-bond donors (Lipinski definition) is 3. The van der Waals surface area contributed by atoms with Gasteiger partial charge in [0.15, 0.2) is 17.3 Å². The predicted octanol–water partition coefficient (Wildman–Crippen LogP) is 0.687. The number of hydrogen-bond acceptors (Lipinski definition) is 4. The molecule has 0 aliphatic rings. The van der Waals surface area contributed by atoms with E-state index < -0.39 is 6.04 Å². The van der Waals surface area contributed by atoms with E-state index in [1.165, 1.54) is 25.1 Å². The summed E-state index contributed by atoms with van der Waals surface area (Å²) in [6, 6.07) is 3.34. The molecule has 1 aromatic carbocycles. The summed E-state index contributed by atoms with van der Waals surface area (Å²) in [4.78, 5) is 10.9. The van der Waals surface area contributed by atoms with E-state index in [0.717, 1.165) is 0 Å². The van der Waals surface area contributed by atoms with Crippen LogP contribution in [0, 0.1) is 0 Å². The van der Waals surface area contributed by atoms with Crippen LogP contribution in [0.5, 0.6) is 11.5 Å². The maximum Gasteiger partial charge on any atom is 0.157 e. The highest BCUT2D eigenvalue weighted by Gasteiger charge is 2.12. The molecule has 0 spiro atoms. The molecule has 0 aromatic heterocycles. The second-order valence-corrected chi connectivity index (χ2v) is 2.84. The summed E-state index contributed by atoms with van der Waals surface area (Å²) in [5, 5.41) is 18.1. The van der Waals surface area contributed by atoms with Crippen molar-refractivity contribution in [3.05, 3.63) is 23.8 Å². The Morgan fingerprint density at radius 1 is 1.38 bits per heavy atom. The van der Waals surface area contributed by atoms with E-state index in [-0.39, 0.29) is 17.3 Å². The fraction of sp³-hybridized carbons (Fsp3) is 0.222. The van der Waals surface area contributed by atoms with E-state index >= 15 is 0 Å². The number of phenolic OH excluding ortho intramolecular Hbond substituents is 2. The van der Waals surface area contributed by atoms with Crippen LogP contribution in [0.15, 0.2) is 18.2 Å². The highest BCUT2D eigenvalue weighted by Crippen LogP contribution is 2.27. The molecule has 0 heterocycles. The van der Waals surface area contributed by atoms with Gasteiger partial charge in [-0.1, -0.05) is 6.07 Å². The van der Waals surface area contributed by atoms with Gasteiger partial charge in [0.1, 0.15) is 0 Å². The Morgan fingerprint density at radius 3 is 2.46 bits per heavy atom. The van der Waals surface area contributed by atoms with Gasteiger partial charge in [-0.05, 0) is 24.6 Å². The molecule has 1 aromatic rings. The van der Waals surface area contributed by atoms with Crippen molar-refractivity contribution < 1.29 is 15.0 Å². The number of carbonyl (C=O) groups is 1. The number of carbonyl (C=O) groups excluding carboxylic acids is 1. The molecule has 0 bridgehead atoms. The quantitative estimate of drug-likeness (QED) is 0.586. The molecule has 0 fully saturated rings. The molecule has 70 valence electrons. The van der Waals surface area contributed by atoms with E-state index in [2.05, 4.69) is 0 Å². The van der Waals surface area contributed by atoms with Crippen LogP contribution in [0.4, 0.5) is 0 Å². The van der Waals surface area contributed by atoms with E-state index in [4.69, 9.17) is 15.9 Å². The van der Waals surface area contributed by atoms with Gasteiger partial charge in [0, 0.05) is 0 Å². The fourth-order valence-electron chi connectivity index (χ4n) is 0.969. The summed E-state index contributed by atoms with van der Waals surface area (Å²) in [6.45, 7) is 1.37. The van der Waals surface area contributed by atoms with E-state index in [1.54, 1.807) is 0 Å². The van der Waals surface area contributed by atoms with Gasteiger partial charge in [-0.25, -0.2) is 0 Å². The fourth-order valence-corrected chi connectivity index (χ4v) is 0.969. The summed E-state index contributed by atoms with van der Waals surface area (Å²) in [5.74, 6) is -0.682. The van der Waals surface area contributed by atoms with Gasteiger partial charge in [0.05, 0.1) is 6.04 Å². The first-order chi connectivity index (χ1) is 6.02. The Bertz CT molecular complexity index is 336. The summed E-state index contributed by atoms with van der Waals surface area (Å²) in [5.41, 5.74) is 6.00. The lowest BCUT2D eigenvalue weighted by Gasteiger charge is -2.08. The lowest BCUT2D eigenvalue weighted by Crippen LogP contribution is -2.18. The zero-order valence-corrected chi connectivity index (χ0v) is 7.19. The first kappa shape index (κ1) is 9.54. The molecule has 1 unspecified atom stereocenters. The molecule has 0 aliphatic carbocycles. The third-order valence-corrected chi connectivity index (χ3v) is 1.80. The summed E-state index contributed by atoms with van der Waals surface area (Å²) in [7, 11) is 0. The number of ketones is 1. The Kier molecular flexibility index (Phi) is 2.53. The lowest BCUT2D eigenvalue weighted by molar-refractivity contribution is -0.118. The van der Waals surface area contributed by atoms with Crippen molar-refractivity contribution in [1.29, 1.82) is 0 Å². The maximum atomic E-state index is 10.9. The van der Waals surface area contributed by atoms with Gasteiger partial charge in [0.25, 0.3) is 0 Å². The van der Waals surface area contributed by atoms with E-state index in [1.807, 2.05) is 0 Å². The van der Waals surface area contributed by atoms with Crippen LogP contribution < -0.4 is 5.73 Å². The van der Waals surface area contributed by atoms with Crippen LogP contribution in [0.25, 0.3) is 0 Å². The molecule has 4 heteroatoms. The van der Waals surface area contributed by atoms with Crippen LogP contribution in [-0.4, -0.2) is 16.0 Å². The first-order valence-corrected chi connectivity index (χ1v) is 3.80. The molecule has 13 heavy (non-hydrogen) atoms. The number of Topliss-reactive ketones (excluding diaryl/α,β-unsaturated/α-hetero) is 1. The monoisotopic (exact) mass is 181 g/mol. The van der Waals surface area contributed by atoms with Crippen molar-refractivity contribution in [2.24, 2.45) is 5.73 Å². The van der Waals surface area contributed by atoms with Crippen molar-refractivity contribution in [2.45, 2.75) is 13.0 Å². The van der Waals surface area contributed by atoms with Crippen LogP contribution >= 0.6 is 0 Å². The lowest BCUT2D eigenvalue weighted by atomic mass is 10.0. The average molecular weight is 181 g/mol. The van der Waals surface area contributed by atoms with Crippen LogP contribution in [0.2, 0.25) is 0 Å². The minimum Gasteiger partial charge on any atom is -0.504 e. The van der Waals surface area contributed by atoms with Crippen LogP contribution in [-0.2, 0) is 4.79 Å². The molecular weight excluding hydrogens is 170 g/mol. The van der Waals surface area contributed by atoms with Gasteiger partial charge in [-0.3, -0.25) is 4.79 Å². The Labute approximate surface area is 75.6 Å². The van der Waals surface area contributed by atoms with Gasteiger partial charge in [-0.2, -0.15) is 0 Å². The molecular formula is C9H11NO3. The molecule has 0 amide bonds. The zero-order chi connectivity index (χ0) is 10.0. The molecule has 1 atom stereocenters. The van der Waals surface area contributed by atoms with Crippen molar-refractivity contribution in [1.82, 2.24) is 0 Å². The molecule has 4 N–H and O–H groups in total. The Balaban J connectivity index is 3.03. The predicted molar refractivity (Wildman–Crippen MR) is 47.4 cm³/mol. The number of aromatic hydroxyl groups is 2. The normalized spacial score (nSPS) is 12.5. The zero-order valence-electron chi connectivity index (χ0n) is 7.19. The molecule has 0 saturated carbocycles. The maximum absolute atomic E-state index is 10.9. The van der Waals surface area contributed by atoms with Crippen molar-refractivity contribution in [2.75, 3.05) is 0 Å². The molecule has 0 aliphatic heterocycles. The average Bonchev–Trinajstić information content (AvgIpc) is 2.08. The topological polar surface area (TPSA) is 83.6 Å². The molecule has 0 radical (unpaired) electrons. The van der Waals surface area contributed by atoms with Crippen molar-refractivity contribution in [3.63, 3.8) is 0 Å². The van der Waals surface area contributed by atoms with Crippen LogP contribution in [0.3, 0.4) is 0 Å². The van der Waals surface area contributed by atoms with Gasteiger partial charge in [-0.15, -0.1) is 0 Å². The number of rotatable bonds is 2. The molecule has 0 saturated heterocycles. The standard InChI is InChI=1S/C9H11NO3/c1-5(11)9(10)6-2-3-7(12)8(13)4-6/h2-4,9,12-13H,10H2,1H3. The number of phenols is 2. The Hall–Kier alpha value is -1.55. The van der Waals surface area contributed by atoms with E-state index in [9.17, 15) is 4.79 Å². The van der Waals surface area contributed by atoms with Gasteiger partial charge in [0.2, 0.25) is 0 Å². The summed E-state index contributed by atoms with van der Waals surface area (Å²) >= 11 is 0. The smallest absolute Gasteiger partial charge is 0.157 e. The summed E-state index contributed by atoms with van der Waals surface area (Å²) < 4.78 is 0. The molecule has 1 rings (SSSR count). The summed E-state index contributed by atoms with van der Waals surface area (Å²) in [6.07, 6.45) is 0. The second-order valence-electron chi connectivity index (χ2n) is 2.84. The van der Waals surface area contributed by atoms with Crippen molar-refractivity contribution >= 4 is 5.78 Å². The first-order valence-electron chi connectivity index (χ1n) is 3.80. The van der Waals surface area contributed by atoms with Gasteiger partial charge >= 0.3 is 0 Å². The highest BCUT2D eigenvalue weighted by molar-refractivity contribution is 5.82. The number of benzene rings is 1. The third kappa shape index (κ3) is 1.97. The highest BCUT2D eigenvalue weighted by atomic mass is 16.3. The third-order valence-electron chi connectivity index (χ3n) is 1.80. The van der Waals surface area contributed by atoms with Crippen LogP contribution in [0.1, 0.15) is 18.5 Å². The second kappa shape index (κ2) is 3.45. The number of nitrogens with two attached hydrogens (primary N) is 1.